The average Bonchev–Trinajstić information content (AvgIpc) is 2.17. The molecular formula is C9H13FN2O. The number of hydrogen-bond acceptors (Lipinski definition) is 3. The first-order valence-electron chi connectivity index (χ1n) is 4.16. The number of rotatable bonds is 3. The first-order valence-corrected chi connectivity index (χ1v) is 4.16. The molecule has 0 spiro atoms. The minimum Gasteiger partial charge on any atom is -0.392 e. The molecule has 13 heavy (non-hydrogen) atoms. The van der Waals surface area contributed by atoms with Crippen molar-refractivity contribution in [3.63, 3.8) is 0 Å². The predicted octanol–water partition coefficient (Wildman–Crippen LogP) is 1.17. The quantitative estimate of drug-likeness (QED) is 0.766. The van der Waals surface area contributed by atoms with Crippen molar-refractivity contribution in [2.75, 3.05) is 18.5 Å². The number of aromatic nitrogens is 1. The molecule has 0 amide bonds. The molecule has 1 aromatic heterocycles. The van der Waals surface area contributed by atoms with Gasteiger partial charge in [-0.2, -0.15) is 0 Å². The van der Waals surface area contributed by atoms with Gasteiger partial charge in [0.1, 0.15) is 0 Å². The van der Waals surface area contributed by atoms with E-state index in [0.29, 0.717) is 6.54 Å². The highest BCUT2D eigenvalue weighted by Gasteiger charge is 2.10. The Morgan fingerprint density at radius 2 is 2.31 bits per heavy atom. The molecule has 0 unspecified atom stereocenters. The highest BCUT2D eigenvalue weighted by Crippen LogP contribution is 2.17. The van der Waals surface area contributed by atoms with Gasteiger partial charge < -0.3 is 10.0 Å². The summed E-state index contributed by atoms with van der Waals surface area (Å²) < 4.78 is 13.4. The topological polar surface area (TPSA) is 36.4 Å². The SMILES string of the molecule is CCN(C)c1nccc(CO)c1F. The summed E-state index contributed by atoms with van der Waals surface area (Å²) in [7, 11) is 1.76. The van der Waals surface area contributed by atoms with Crippen LogP contribution in [0.1, 0.15) is 12.5 Å². The third-order valence-corrected chi connectivity index (χ3v) is 1.96. The van der Waals surface area contributed by atoms with Crippen LogP contribution in [-0.2, 0) is 6.61 Å². The summed E-state index contributed by atoms with van der Waals surface area (Å²) in [4.78, 5) is 5.59. The fraction of sp³-hybridized carbons (Fsp3) is 0.444. The lowest BCUT2D eigenvalue weighted by atomic mass is 10.2. The monoisotopic (exact) mass is 184 g/mol. The number of aliphatic hydroxyl groups is 1. The molecule has 0 radical (unpaired) electrons. The van der Waals surface area contributed by atoms with Gasteiger partial charge in [-0.3, -0.25) is 0 Å². The number of hydrogen-bond donors (Lipinski definition) is 1. The van der Waals surface area contributed by atoms with Gasteiger partial charge in [0.25, 0.3) is 0 Å². The minimum absolute atomic E-state index is 0.283. The van der Waals surface area contributed by atoms with Crippen molar-refractivity contribution in [3.8, 4) is 0 Å². The molecule has 0 atom stereocenters. The Balaban J connectivity index is 3.08. The summed E-state index contributed by atoms with van der Waals surface area (Å²) in [6, 6.07) is 1.47. The largest absolute Gasteiger partial charge is 0.392 e. The van der Waals surface area contributed by atoms with Gasteiger partial charge in [0.2, 0.25) is 0 Å². The van der Waals surface area contributed by atoms with Crippen molar-refractivity contribution in [1.82, 2.24) is 4.98 Å². The first-order chi connectivity index (χ1) is 6.20. The molecular weight excluding hydrogens is 171 g/mol. The molecule has 3 nitrogen and oxygen atoms in total. The van der Waals surface area contributed by atoms with Crippen molar-refractivity contribution in [2.45, 2.75) is 13.5 Å². The van der Waals surface area contributed by atoms with Gasteiger partial charge in [-0.05, 0) is 13.0 Å². The van der Waals surface area contributed by atoms with Crippen molar-refractivity contribution in [2.24, 2.45) is 0 Å². The van der Waals surface area contributed by atoms with E-state index in [1.807, 2.05) is 6.92 Å². The second kappa shape index (κ2) is 4.18. The predicted molar refractivity (Wildman–Crippen MR) is 49.1 cm³/mol. The molecule has 0 aliphatic heterocycles. The van der Waals surface area contributed by atoms with Gasteiger partial charge in [0.15, 0.2) is 11.6 Å². The summed E-state index contributed by atoms with van der Waals surface area (Å²) in [5.41, 5.74) is 0.283. The van der Waals surface area contributed by atoms with Crippen molar-refractivity contribution >= 4 is 5.82 Å². The number of anilines is 1. The molecule has 0 aliphatic rings. The molecule has 0 saturated heterocycles. The van der Waals surface area contributed by atoms with Crippen LogP contribution in [0.2, 0.25) is 0 Å². The average molecular weight is 184 g/mol. The smallest absolute Gasteiger partial charge is 0.171 e. The lowest BCUT2D eigenvalue weighted by Crippen LogP contribution is -2.19. The first kappa shape index (κ1) is 9.92. The summed E-state index contributed by atoms with van der Waals surface area (Å²) in [5.74, 6) is -0.150. The number of halogens is 1. The van der Waals surface area contributed by atoms with Gasteiger partial charge in [-0.1, -0.05) is 0 Å². The number of pyridine rings is 1. The molecule has 0 aliphatic carbocycles. The van der Waals surface area contributed by atoms with E-state index in [1.54, 1.807) is 11.9 Å². The van der Waals surface area contributed by atoms with Gasteiger partial charge >= 0.3 is 0 Å². The maximum absolute atomic E-state index is 13.4. The van der Waals surface area contributed by atoms with Crippen LogP contribution in [0.15, 0.2) is 12.3 Å². The summed E-state index contributed by atoms with van der Waals surface area (Å²) in [5, 5.41) is 8.81. The molecule has 4 heteroatoms. The van der Waals surface area contributed by atoms with Gasteiger partial charge in [0.05, 0.1) is 6.61 Å². The second-order valence-corrected chi connectivity index (χ2v) is 2.78. The van der Waals surface area contributed by atoms with Crippen LogP contribution < -0.4 is 4.90 Å². The van der Waals surface area contributed by atoms with E-state index >= 15 is 0 Å². The standard InChI is InChI=1S/C9H13FN2O/c1-3-12(2)9-8(10)7(6-13)4-5-11-9/h4-5,13H,3,6H2,1-2H3. The van der Waals surface area contributed by atoms with Crippen LogP contribution in [0, 0.1) is 5.82 Å². The van der Waals surface area contributed by atoms with Gasteiger partial charge in [-0.15, -0.1) is 0 Å². The third-order valence-electron chi connectivity index (χ3n) is 1.96. The summed E-state index contributed by atoms with van der Waals surface area (Å²) in [6.45, 7) is 2.30. The van der Waals surface area contributed by atoms with Crippen molar-refractivity contribution < 1.29 is 9.50 Å². The zero-order valence-corrected chi connectivity index (χ0v) is 7.79. The molecule has 72 valence electrons. The van der Waals surface area contributed by atoms with Crippen LogP contribution in [0.5, 0.6) is 0 Å². The summed E-state index contributed by atoms with van der Waals surface area (Å²) >= 11 is 0. The second-order valence-electron chi connectivity index (χ2n) is 2.78. The zero-order chi connectivity index (χ0) is 9.84. The lowest BCUT2D eigenvalue weighted by molar-refractivity contribution is 0.275. The third kappa shape index (κ3) is 1.95. The van der Waals surface area contributed by atoms with E-state index in [-0.39, 0.29) is 18.0 Å². The van der Waals surface area contributed by atoms with Gasteiger partial charge in [-0.25, -0.2) is 9.37 Å². The van der Waals surface area contributed by atoms with E-state index < -0.39 is 5.82 Å². The van der Waals surface area contributed by atoms with Crippen LogP contribution in [0.3, 0.4) is 0 Å². The highest BCUT2D eigenvalue weighted by molar-refractivity contribution is 5.41. The Bertz CT molecular complexity index is 291. The lowest BCUT2D eigenvalue weighted by Gasteiger charge is -2.16. The van der Waals surface area contributed by atoms with Crippen molar-refractivity contribution in [3.05, 3.63) is 23.6 Å². The Hall–Kier alpha value is -1.16. The fourth-order valence-corrected chi connectivity index (χ4v) is 1.01. The fourth-order valence-electron chi connectivity index (χ4n) is 1.01. The molecule has 1 aromatic rings. The number of aliphatic hydroxyl groups excluding tert-OH is 1. The Labute approximate surface area is 76.8 Å². The van der Waals surface area contributed by atoms with Crippen LogP contribution in [0.4, 0.5) is 10.2 Å². The molecule has 1 heterocycles. The Morgan fingerprint density at radius 1 is 1.62 bits per heavy atom. The Morgan fingerprint density at radius 3 is 2.85 bits per heavy atom. The minimum atomic E-state index is -0.436. The van der Waals surface area contributed by atoms with Gasteiger partial charge in [0, 0.05) is 25.4 Å². The van der Waals surface area contributed by atoms with E-state index in [1.165, 1.54) is 12.3 Å². The van der Waals surface area contributed by atoms with E-state index in [2.05, 4.69) is 4.98 Å². The number of nitrogens with zero attached hydrogens (tertiary/aromatic N) is 2. The maximum Gasteiger partial charge on any atom is 0.171 e. The molecule has 1 rings (SSSR count). The molecule has 0 aromatic carbocycles. The van der Waals surface area contributed by atoms with Crippen LogP contribution in [0.25, 0.3) is 0 Å². The molecule has 1 N–H and O–H groups in total. The molecule has 0 saturated carbocycles. The maximum atomic E-state index is 13.4. The summed E-state index contributed by atoms with van der Waals surface area (Å²) in [6.07, 6.45) is 1.50. The van der Waals surface area contributed by atoms with E-state index in [0.717, 1.165) is 0 Å². The van der Waals surface area contributed by atoms with E-state index in [9.17, 15) is 4.39 Å². The zero-order valence-electron chi connectivity index (χ0n) is 7.79. The normalized spacial score (nSPS) is 10.2. The highest BCUT2D eigenvalue weighted by atomic mass is 19.1. The van der Waals surface area contributed by atoms with Crippen molar-refractivity contribution in [1.29, 1.82) is 0 Å². The molecule has 0 bridgehead atoms. The molecule has 0 fully saturated rings. The van der Waals surface area contributed by atoms with Crippen LogP contribution in [-0.4, -0.2) is 23.7 Å². The van der Waals surface area contributed by atoms with Crippen LogP contribution >= 0.6 is 0 Å². The van der Waals surface area contributed by atoms with E-state index in [4.69, 9.17) is 5.11 Å². The Kier molecular flexibility index (Phi) is 3.19.